The molecule has 2 atom stereocenters. The minimum Gasteiger partial charge on any atom is -0.507 e. The van der Waals surface area contributed by atoms with Crippen molar-refractivity contribution in [2.75, 3.05) is 11.5 Å². The van der Waals surface area contributed by atoms with Crippen LogP contribution in [0.2, 0.25) is 0 Å². The Morgan fingerprint density at radius 1 is 1.09 bits per heavy atom. The van der Waals surface area contributed by atoms with Gasteiger partial charge in [0.2, 0.25) is 0 Å². The largest absolute Gasteiger partial charge is 0.507 e. The lowest BCUT2D eigenvalue weighted by atomic mass is 9.94. The summed E-state index contributed by atoms with van der Waals surface area (Å²) in [6.45, 7) is 5.79. The average molecular weight is 611 g/mol. The smallest absolute Gasteiger partial charge is 0.350 e. The lowest BCUT2D eigenvalue weighted by Gasteiger charge is -2.23. The number of aliphatic hydroxyl groups excluding tert-OH is 1. The molecule has 2 unspecified atom stereocenters. The molecule has 9 nitrogen and oxygen atoms in total. The van der Waals surface area contributed by atoms with Crippen LogP contribution in [0.5, 0.6) is 11.5 Å². The average Bonchev–Trinajstić information content (AvgIpc) is 3.68. The number of Topliss-reactive ketones (excluding diaryl/α,β-unsaturated/α-hetero) is 1. The highest BCUT2D eigenvalue weighted by Crippen LogP contribution is 2.45. The number of esters is 1. The number of thiazole rings is 1. The van der Waals surface area contributed by atoms with Gasteiger partial charge >= 0.3 is 11.9 Å². The van der Waals surface area contributed by atoms with Crippen LogP contribution in [0.1, 0.15) is 57.5 Å². The number of fused-ring (bicyclic) bond motifs is 1. The number of hydrogen-bond donors (Lipinski definition) is 1. The van der Waals surface area contributed by atoms with Crippen molar-refractivity contribution in [1.82, 2.24) is 4.98 Å². The molecule has 4 aromatic rings. The minimum atomic E-state index is -1.04. The maximum absolute atomic E-state index is 13.7. The van der Waals surface area contributed by atoms with Crippen LogP contribution >= 0.6 is 11.3 Å². The SMILES string of the molecule is CCOC(=O)c1sc(N2C(=O)C(=O)/C(=C(\O)c3ccc4c(c3)CC(C)O4)C2c2cccc(OCc3ccccc3)c2)nc1C. The van der Waals surface area contributed by atoms with Crippen LogP contribution in [0.3, 0.4) is 0 Å². The number of aryl methyl sites for hydroxylation is 1. The van der Waals surface area contributed by atoms with E-state index in [1.165, 1.54) is 4.90 Å². The summed E-state index contributed by atoms with van der Waals surface area (Å²) >= 11 is 0.962. The fraction of sp³-hybridized carbons (Fsp3) is 0.235. The quantitative estimate of drug-likeness (QED) is 0.109. The molecule has 0 saturated carbocycles. The number of ether oxygens (including phenoxy) is 3. The van der Waals surface area contributed by atoms with Crippen molar-refractivity contribution in [3.63, 3.8) is 0 Å². The van der Waals surface area contributed by atoms with E-state index in [0.717, 1.165) is 28.2 Å². The van der Waals surface area contributed by atoms with Crippen molar-refractivity contribution in [3.8, 4) is 11.5 Å². The Morgan fingerprint density at radius 2 is 1.89 bits per heavy atom. The molecule has 1 N–H and O–H groups in total. The summed E-state index contributed by atoms with van der Waals surface area (Å²) < 4.78 is 17.0. The molecule has 2 aliphatic rings. The summed E-state index contributed by atoms with van der Waals surface area (Å²) in [7, 11) is 0. The van der Waals surface area contributed by atoms with E-state index >= 15 is 0 Å². The number of amides is 1. The van der Waals surface area contributed by atoms with Crippen LogP contribution in [0, 0.1) is 6.92 Å². The van der Waals surface area contributed by atoms with Gasteiger partial charge in [0.05, 0.1) is 23.9 Å². The van der Waals surface area contributed by atoms with Gasteiger partial charge in [-0.15, -0.1) is 0 Å². The Morgan fingerprint density at radius 3 is 2.66 bits per heavy atom. The van der Waals surface area contributed by atoms with Gasteiger partial charge < -0.3 is 19.3 Å². The second kappa shape index (κ2) is 12.0. The summed E-state index contributed by atoms with van der Waals surface area (Å²) in [5.41, 5.74) is 3.08. The number of anilines is 1. The van der Waals surface area contributed by atoms with Gasteiger partial charge in [-0.05, 0) is 67.8 Å². The van der Waals surface area contributed by atoms with E-state index in [1.807, 2.05) is 37.3 Å². The molecule has 0 radical (unpaired) electrons. The normalized spacial score (nSPS) is 18.7. The number of hydrogen-bond acceptors (Lipinski definition) is 9. The summed E-state index contributed by atoms with van der Waals surface area (Å²) in [6, 6.07) is 20.9. The number of aliphatic hydroxyl groups is 1. The highest BCUT2D eigenvalue weighted by Gasteiger charge is 2.48. The molecular formula is C34H30N2O7S. The molecule has 0 bridgehead atoms. The molecule has 3 heterocycles. The number of rotatable bonds is 8. The molecular weight excluding hydrogens is 580 g/mol. The number of nitrogens with zero attached hydrogens (tertiary/aromatic N) is 2. The Kier molecular flexibility index (Phi) is 7.92. The minimum absolute atomic E-state index is 0.00617. The highest BCUT2D eigenvalue weighted by atomic mass is 32.1. The number of aromatic nitrogens is 1. The van der Waals surface area contributed by atoms with Crippen LogP contribution in [0.15, 0.2) is 78.4 Å². The summed E-state index contributed by atoms with van der Waals surface area (Å²) in [5.74, 6) is -1.36. The van der Waals surface area contributed by atoms with Crippen molar-refractivity contribution in [2.24, 2.45) is 0 Å². The van der Waals surface area contributed by atoms with Crippen molar-refractivity contribution in [3.05, 3.63) is 111 Å². The number of ketones is 1. The zero-order valence-electron chi connectivity index (χ0n) is 24.4. The summed E-state index contributed by atoms with van der Waals surface area (Å²) in [6.07, 6.45) is 0.651. The first kappa shape index (κ1) is 29.1. The third-order valence-electron chi connectivity index (χ3n) is 7.49. The van der Waals surface area contributed by atoms with E-state index in [1.54, 1.807) is 56.3 Å². The summed E-state index contributed by atoms with van der Waals surface area (Å²) in [5, 5.41) is 11.8. The third-order valence-corrected chi connectivity index (χ3v) is 8.63. The first-order valence-electron chi connectivity index (χ1n) is 14.3. The van der Waals surface area contributed by atoms with Gasteiger partial charge in [0.1, 0.15) is 34.8 Å². The van der Waals surface area contributed by atoms with Gasteiger partial charge in [-0.3, -0.25) is 14.5 Å². The molecule has 0 aliphatic carbocycles. The molecule has 1 amide bonds. The van der Waals surface area contributed by atoms with Crippen LogP contribution in [-0.2, 0) is 27.4 Å². The van der Waals surface area contributed by atoms with E-state index in [9.17, 15) is 19.5 Å². The monoisotopic (exact) mass is 610 g/mol. The molecule has 44 heavy (non-hydrogen) atoms. The number of carbonyl (C=O) groups is 3. The van der Waals surface area contributed by atoms with E-state index in [4.69, 9.17) is 14.2 Å². The first-order valence-corrected chi connectivity index (χ1v) is 15.1. The molecule has 3 aromatic carbocycles. The lowest BCUT2D eigenvalue weighted by molar-refractivity contribution is -0.132. The zero-order chi connectivity index (χ0) is 31.0. The van der Waals surface area contributed by atoms with Crippen LogP contribution in [0.25, 0.3) is 5.76 Å². The Labute approximate surface area is 258 Å². The van der Waals surface area contributed by atoms with Gasteiger partial charge in [-0.1, -0.05) is 53.8 Å². The zero-order valence-corrected chi connectivity index (χ0v) is 25.2. The second-order valence-corrected chi connectivity index (χ2v) is 11.6. The lowest BCUT2D eigenvalue weighted by Crippen LogP contribution is -2.29. The van der Waals surface area contributed by atoms with Gasteiger partial charge in [0.15, 0.2) is 5.13 Å². The van der Waals surface area contributed by atoms with Crippen molar-refractivity contribution < 1.29 is 33.7 Å². The Hall–Kier alpha value is -4.96. The van der Waals surface area contributed by atoms with Crippen LogP contribution in [-0.4, -0.2) is 40.5 Å². The molecule has 0 spiro atoms. The topological polar surface area (TPSA) is 115 Å². The summed E-state index contributed by atoms with van der Waals surface area (Å²) in [4.78, 5) is 46.0. The van der Waals surface area contributed by atoms with E-state index < -0.39 is 23.7 Å². The van der Waals surface area contributed by atoms with Crippen LogP contribution in [0.4, 0.5) is 5.13 Å². The van der Waals surface area contributed by atoms with Gasteiger partial charge in [-0.2, -0.15) is 0 Å². The van der Waals surface area contributed by atoms with E-state index in [-0.39, 0.29) is 34.1 Å². The maximum atomic E-state index is 13.7. The molecule has 2 aliphatic heterocycles. The predicted octanol–water partition coefficient (Wildman–Crippen LogP) is 6.16. The highest BCUT2D eigenvalue weighted by molar-refractivity contribution is 7.17. The van der Waals surface area contributed by atoms with Crippen molar-refractivity contribution >= 4 is 39.9 Å². The Balaban J connectivity index is 1.45. The molecule has 1 saturated heterocycles. The van der Waals surface area contributed by atoms with Crippen molar-refractivity contribution in [1.29, 1.82) is 0 Å². The van der Waals surface area contributed by atoms with E-state index in [0.29, 0.717) is 35.6 Å². The van der Waals surface area contributed by atoms with Crippen molar-refractivity contribution in [2.45, 2.75) is 45.9 Å². The molecule has 224 valence electrons. The molecule has 6 rings (SSSR count). The molecule has 10 heteroatoms. The third kappa shape index (κ3) is 5.44. The predicted molar refractivity (Wildman–Crippen MR) is 165 cm³/mol. The maximum Gasteiger partial charge on any atom is 0.350 e. The standard InChI is InChI=1S/C34H30N2O7S/c1-4-41-33(40)31-20(3)35-34(44-31)36-28(22-11-8-12-25(17-22)42-18-21-9-6-5-7-10-21)27(30(38)32(36)39)29(37)23-13-14-26-24(16-23)15-19(2)43-26/h5-14,16-17,19,28,37H,4,15,18H2,1-3H3/b29-27-. The fourth-order valence-electron chi connectivity index (χ4n) is 5.46. The van der Waals surface area contributed by atoms with E-state index in [2.05, 4.69) is 4.98 Å². The van der Waals surface area contributed by atoms with Gasteiger partial charge in [0, 0.05) is 12.0 Å². The molecule has 1 aromatic heterocycles. The van der Waals surface area contributed by atoms with Gasteiger partial charge in [-0.25, -0.2) is 9.78 Å². The molecule has 1 fully saturated rings. The fourth-order valence-corrected chi connectivity index (χ4v) is 6.44. The van der Waals surface area contributed by atoms with Gasteiger partial charge in [0.25, 0.3) is 5.78 Å². The first-order chi connectivity index (χ1) is 21.2. The number of carbonyl (C=O) groups excluding carboxylic acids is 3. The second-order valence-electron chi connectivity index (χ2n) is 10.6. The van der Waals surface area contributed by atoms with Crippen LogP contribution < -0.4 is 14.4 Å². The number of benzene rings is 3. The Bertz CT molecular complexity index is 1800.